The average Bonchev–Trinajstić information content (AvgIpc) is 2.58. The summed E-state index contributed by atoms with van der Waals surface area (Å²) in [6, 6.07) is 14.0. The first kappa shape index (κ1) is 16.3. The molecule has 0 radical (unpaired) electrons. The molecule has 1 fully saturated rings. The van der Waals surface area contributed by atoms with Crippen LogP contribution in [0.2, 0.25) is 0 Å². The number of ketones is 1. The topological polar surface area (TPSA) is 20.3 Å². The van der Waals surface area contributed by atoms with Crippen molar-refractivity contribution in [1.29, 1.82) is 0 Å². The van der Waals surface area contributed by atoms with Gasteiger partial charge >= 0.3 is 0 Å². The molecule has 2 aromatic rings. The summed E-state index contributed by atoms with van der Waals surface area (Å²) in [5.41, 5.74) is 5.16. The maximum Gasteiger partial charge on any atom is 0.193 e. The van der Waals surface area contributed by atoms with Gasteiger partial charge in [0.25, 0.3) is 0 Å². The number of benzene rings is 2. The van der Waals surface area contributed by atoms with E-state index in [1.54, 1.807) is 0 Å². The van der Waals surface area contributed by atoms with E-state index in [2.05, 4.69) is 24.8 Å². The van der Waals surface area contributed by atoms with E-state index < -0.39 is 0 Å². The largest absolute Gasteiger partial charge is 0.297 e. The van der Waals surface area contributed by atoms with Crippen LogP contribution in [-0.4, -0.2) is 35.3 Å². The number of nitrogens with zero attached hydrogens (tertiary/aromatic N) is 1. The van der Waals surface area contributed by atoms with E-state index >= 15 is 0 Å². The predicted molar refractivity (Wildman–Crippen MR) is 98.4 cm³/mol. The summed E-state index contributed by atoms with van der Waals surface area (Å²) in [5, 5.41) is 0. The second kappa shape index (κ2) is 7.33. The van der Waals surface area contributed by atoms with Gasteiger partial charge in [0.05, 0.1) is 0 Å². The molecule has 0 N–H and O–H groups in total. The summed E-state index contributed by atoms with van der Waals surface area (Å²) in [5.74, 6) is 2.51. The van der Waals surface area contributed by atoms with Crippen LogP contribution in [0.4, 0.5) is 0 Å². The Morgan fingerprint density at radius 2 is 1.78 bits per heavy atom. The zero-order valence-electron chi connectivity index (χ0n) is 13.8. The Bertz CT molecular complexity index is 705. The number of thioether (sulfide) groups is 1. The Labute approximate surface area is 142 Å². The van der Waals surface area contributed by atoms with Crippen LogP contribution >= 0.6 is 11.8 Å². The molecular formula is C20H23NOS. The van der Waals surface area contributed by atoms with Crippen LogP contribution in [0.1, 0.15) is 32.6 Å². The normalized spacial score (nSPS) is 15.6. The number of rotatable bonds is 4. The number of carbonyl (C=O) groups excluding carboxylic acids is 1. The molecule has 120 valence electrons. The molecule has 0 aromatic heterocycles. The third kappa shape index (κ3) is 3.85. The van der Waals surface area contributed by atoms with Gasteiger partial charge in [-0.3, -0.25) is 9.69 Å². The van der Waals surface area contributed by atoms with Crippen molar-refractivity contribution in [2.45, 2.75) is 20.4 Å². The van der Waals surface area contributed by atoms with Crippen LogP contribution in [0.5, 0.6) is 0 Å². The molecule has 3 rings (SSSR count). The summed E-state index contributed by atoms with van der Waals surface area (Å²) >= 11 is 2.01. The molecule has 2 nitrogen and oxygen atoms in total. The summed E-state index contributed by atoms with van der Waals surface area (Å²) in [6.45, 7) is 7.22. The summed E-state index contributed by atoms with van der Waals surface area (Å²) in [7, 11) is 0. The molecule has 0 unspecified atom stereocenters. The van der Waals surface area contributed by atoms with Gasteiger partial charge in [-0.1, -0.05) is 36.4 Å². The summed E-state index contributed by atoms with van der Waals surface area (Å²) in [4.78, 5) is 15.4. The summed E-state index contributed by atoms with van der Waals surface area (Å²) in [6.07, 6.45) is 0. The first-order chi connectivity index (χ1) is 11.1. The van der Waals surface area contributed by atoms with Crippen LogP contribution < -0.4 is 0 Å². The zero-order valence-corrected chi connectivity index (χ0v) is 14.7. The van der Waals surface area contributed by atoms with E-state index in [1.807, 2.05) is 48.2 Å². The molecule has 1 aliphatic heterocycles. The van der Waals surface area contributed by atoms with E-state index in [1.165, 1.54) is 22.6 Å². The maximum atomic E-state index is 12.9. The molecule has 0 spiro atoms. The SMILES string of the molecule is Cc1ccc(C(=O)c2ccccc2CN2CCSCC2)cc1C. The van der Waals surface area contributed by atoms with Crippen LogP contribution in [0.25, 0.3) is 0 Å². The Balaban J connectivity index is 1.86. The lowest BCUT2D eigenvalue weighted by molar-refractivity contribution is 0.103. The molecule has 3 heteroatoms. The molecule has 1 aliphatic rings. The lowest BCUT2D eigenvalue weighted by atomic mass is 9.96. The molecule has 0 amide bonds. The second-order valence-electron chi connectivity index (χ2n) is 6.17. The molecule has 1 heterocycles. The smallest absolute Gasteiger partial charge is 0.193 e. The van der Waals surface area contributed by atoms with E-state index in [4.69, 9.17) is 0 Å². The van der Waals surface area contributed by atoms with Gasteiger partial charge < -0.3 is 0 Å². The van der Waals surface area contributed by atoms with Gasteiger partial charge in [0.1, 0.15) is 0 Å². The maximum absolute atomic E-state index is 12.9. The molecule has 0 bridgehead atoms. The van der Waals surface area contributed by atoms with Crippen molar-refractivity contribution in [3.63, 3.8) is 0 Å². The van der Waals surface area contributed by atoms with Gasteiger partial charge in [-0.15, -0.1) is 0 Å². The van der Waals surface area contributed by atoms with E-state index in [0.717, 1.165) is 36.3 Å². The Morgan fingerprint density at radius 3 is 2.52 bits per heavy atom. The molecule has 2 aromatic carbocycles. The lowest BCUT2D eigenvalue weighted by Gasteiger charge is -2.26. The van der Waals surface area contributed by atoms with Gasteiger partial charge in [-0.25, -0.2) is 0 Å². The van der Waals surface area contributed by atoms with Crippen molar-refractivity contribution in [3.05, 3.63) is 70.3 Å². The van der Waals surface area contributed by atoms with Crippen molar-refractivity contribution < 1.29 is 4.79 Å². The molecule has 0 saturated carbocycles. The second-order valence-corrected chi connectivity index (χ2v) is 7.40. The van der Waals surface area contributed by atoms with Gasteiger partial charge in [0.15, 0.2) is 5.78 Å². The molecule has 1 saturated heterocycles. The molecular weight excluding hydrogens is 302 g/mol. The summed E-state index contributed by atoms with van der Waals surface area (Å²) < 4.78 is 0. The third-order valence-electron chi connectivity index (χ3n) is 4.53. The van der Waals surface area contributed by atoms with Crippen LogP contribution in [0.3, 0.4) is 0 Å². The van der Waals surface area contributed by atoms with Crippen LogP contribution in [0.15, 0.2) is 42.5 Å². The van der Waals surface area contributed by atoms with Gasteiger partial charge in [0.2, 0.25) is 0 Å². The van der Waals surface area contributed by atoms with Gasteiger partial charge in [0, 0.05) is 42.3 Å². The number of aryl methyl sites for hydroxylation is 2. The zero-order chi connectivity index (χ0) is 16.2. The number of hydrogen-bond donors (Lipinski definition) is 0. The van der Waals surface area contributed by atoms with Crippen molar-refractivity contribution >= 4 is 17.5 Å². The van der Waals surface area contributed by atoms with Gasteiger partial charge in [-0.05, 0) is 36.6 Å². The molecule has 0 atom stereocenters. The van der Waals surface area contributed by atoms with E-state index in [0.29, 0.717) is 0 Å². The quantitative estimate of drug-likeness (QED) is 0.790. The highest BCUT2D eigenvalue weighted by atomic mass is 32.2. The monoisotopic (exact) mass is 325 g/mol. The lowest BCUT2D eigenvalue weighted by Crippen LogP contribution is -2.32. The fourth-order valence-corrected chi connectivity index (χ4v) is 3.90. The third-order valence-corrected chi connectivity index (χ3v) is 5.47. The van der Waals surface area contributed by atoms with Crippen molar-refractivity contribution in [2.75, 3.05) is 24.6 Å². The predicted octanol–water partition coefficient (Wildman–Crippen LogP) is 4.08. The first-order valence-electron chi connectivity index (χ1n) is 8.15. The van der Waals surface area contributed by atoms with E-state index in [-0.39, 0.29) is 5.78 Å². The molecule has 23 heavy (non-hydrogen) atoms. The number of hydrogen-bond acceptors (Lipinski definition) is 3. The number of carbonyl (C=O) groups is 1. The minimum atomic E-state index is 0.134. The fourth-order valence-electron chi connectivity index (χ4n) is 2.92. The Kier molecular flexibility index (Phi) is 5.19. The Hall–Kier alpha value is -1.58. The standard InChI is InChI=1S/C20H23NOS/c1-15-7-8-17(13-16(15)2)20(22)19-6-4-3-5-18(19)14-21-9-11-23-12-10-21/h3-8,13H,9-12,14H2,1-2H3. The van der Waals surface area contributed by atoms with Crippen molar-refractivity contribution in [1.82, 2.24) is 4.90 Å². The van der Waals surface area contributed by atoms with E-state index in [9.17, 15) is 4.79 Å². The van der Waals surface area contributed by atoms with Crippen LogP contribution in [-0.2, 0) is 6.54 Å². The first-order valence-corrected chi connectivity index (χ1v) is 9.30. The Morgan fingerprint density at radius 1 is 1.04 bits per heavy atom. The van der Waals surface area contributed by atoms with Crippen molar-refractivity contribution in [3.8, 4) is 0 Å². The highest BCUT2D eigenvalue weighted by molar-refractivity contribution is 7.99. The van der Waals surface area contributed by atoms with Crippen molar-refractivity contribution in [2.24, 2.45) is 0 Å². The van der Waals surface area contributed by atoms with Gasteiger partial charge in [-0.2, -0.15) is 11.8 Å². The molecule has 0 aliphatic carbocycles. The highest BCUT2D eigenvalue weighted by Crippen LogP contribution is 2.20. The fraction of sp³-hybridized carbons (Fsp3) is 0.350. The highest BCUT2D eigenvalue weighted by Gasteiger charge is 2.17. The average molecular weight is 325 g/mol. The van der Waals surface area contributed by atoms with Crippen LogP contribution in [0, 0.1) is 13.8 Å². The minimum absolute atomic E-state index is 0.134. The minimum Gasteiger partial charge on any atom is -0.297 e.